The van der Waals surface area contributed by atoms with E-state index in [1.807, 2.05) is 74.5 Å². The number of benzene rings is 2. The van der Waals surface area contributed by atoms with Gasteiger partial charge in [-0.25, -0.2) is 0 Å². The van der Waals surface area contributed by atoms with Crippen molar-refractivity contribution in [2.75, 3.05) is 24.6 Å². The van der Waals surface area contributed by atoms with Crippen molar-refractivity contribution in [3.8, 4) is 0 Å². The highest BCUT2D eigenvalue weighted by Crippen LogP contribution is 2.69. The number of aliphatic hydroxyl groups is 1. The Balaban J connectivity index is 1.65. The highest BCUT2D eigenvalue weighted by Gasteiger charge is 2.76. The van der Waals surface area contributed by atoms with Crippen LogP contribution in [0.1, 0.15) is 31.9 Å². The molecular formula is C33H38BrN3O4S. The lowest BCUT2D eigenvalue weighted by atomic mass is 9.70. The number of thioether (sulfide) groups is 1. The van der Waals surface area contributed by atoms with Gasteiger partial charge in [0.2, 0.25) is 17.7 Å². The molecule has 2 bridgehead atoms. The predicted molar refractivity (Wildman–Crippen MR) is 171 cm³/mol. The molecule has 3 heterocycles. The van der Waals surface area contributed by atoms with Gasteiger partial charge < -0.3 is 19.8 Å². The Morgan fingerprint density at radius 1 is 1.07 bits per heavy atom. The molecule has 0 saturated carbocycles. The molecule has 7 nitrogen and oxygen atoms in total. The van der Waals surface area contributed by atoms with Crippen LogP contribution in [-0.2, 0) is 14.4 Å². The number of nitrogens with zero attached hydrogens (tertiary/aromatic N) is 3. The van der Waals surface area contributed by atoms with Gasteiger partial charge in [-0.15, -0.1) is 24.9 Å². The Morgan fingerprint density at radius 2 is 1.69 bits per heavy atom. The highest BCUT2D eigenvalue weighted by atomic mass is 79.9. The second kappa shape index (κ2) is 12.4. The van der Waals surface area contributed by atoms with Crippen molar-refractivity contribution in [1.82, 2.24) is 9.80 Å². The first-order valence-electron chi connectivity index (χ1n) is 14.4. The van der Waals surface area contributed by atoms with Crippen LogP contribution in [0.2, 0.25) is 0 Å². The van der Waals surface area contributed by atoms with Gasteiger partial charge in [-0.3, -0.25) is 14.4 Å². The summed E-state index contributed by atoms with van der Waals surface area (Å²) < 4.78 is -0.833. The number of alkyl halides is 1. The second-order valence-corrected chi connectivity index (χ2v) is 14.2. The number of aliphatic hydroxyl groups excluding tert-OH is 1. The Labute approximate surface area is 260 Å². The molecule has 0 radical (unpaired) electrons. The third-order valence-corrected chi connectivity index (χ3v) is 12.0. The quantitative estimate of drug-likeness (QED) is 0.278. The van der Waals surface area contributed by atoms with E-state index >= 15 is 0 Å². The van der Waals surface area contributed by atoms with Crippen molar-refractivity contribution >= 4 is 51.1 Å². The van der Waals surface area contributed by atoms with Gasteiger partial charge in [-0.1, -0.05) is 76.6 Å². The zero-order valence-corrected chi connectivity index (χ0v) is 26.4. The number of halogens is 1. The van der Waals surface area contributed by atoms with Crippen LogP contribution in [0.15, 0.2) is 86.0 Å². The normalized spacial score (nSPS) is 28.5. The minimum absolute atomic E-state index is 0.0617. The summed E-state index contributed by atoms with van der Waals surface area (Å²) in [5.74, 6) is -1.94. The summed E-state index contributed by atoms with van der Waals surface area (Å²) in [6, 6.07) is 17.0. The van der Waals surface area contributed by atoms with Crippen LogP contribution >= 0.6 is 27.7 Å². The fourth-order valence-corrected chi connectivity index (χ4v) is 10.7. The number of carbonyl (C=O) groups excluding carboxylic acids is 3. The molecule has 2 aromatic rings. The first kappa shape index (κ1) is 30.6. The highest BCUT2D eigenvalue weighted by molar-refractivity contribution is 9.09. The number of amides is 3. The largest absolute Gasteiger partial charge is 0.394 e. The number of para-hydroxylation sites is 1. The third-order valence-electron chi connectivity index (χ3n) is 8.82. The van der Waals surface area contributed by atoms with E-state index in [2.05, 4.69) is 29.1 Å². The lowest BCUT2D eigenvalue weighted by Crippen LogP contribution is -2.57. The van der Waals surface area contributed by atoms with Crippen molar-refractivity contribution in [1.29, 1.82) is 0 Å². The van der Waals surface area contributed by atoms with Crippen molar-refractivity contribution in [2.24, 2.45) is 11.8 Å². The van der Waals surface area contributed by atoms with Crippen molar-refractivity contribution in [3.05, 3.63) is 91.5 Å². The maximum absolute atomic E-state index is 14.8. The molecule has 3 unspecified atom stereocenters. The molecule has 3 amide bonds. The van der Waals surface area contributed by atoms with Crippen molar-refractivity contribution in [2.45, 2.75) is 53.2 Å². The molecule has 3 aliphatic rings. The van der Waals surface area contributed by atoms with Gasteiger partial charge in [0.15, 0.2) is 0 Å². The summed E-state index contributed by atoms with van der Waals surface area (Å²) >= 11 is 5.46. The molecule has 1 spiro atoms. The van der Waals surface area contributed by atoms with Gasteiger partial charge in [-0.2, -0.15) is 0 Å². The number of fused-ring (bicyclic) bond motifs is 1. The van der Waals surface area contributed by atoms with E-state index in [0.29, 0.717) is 19.5 Å². The van der Waals surface area contributed by atoms with Crippen LogP contribution in [0.3, 0.4) is 0 Å². The second-order valence-electron chi connectivity index (χ2n) is 11.5. The first-order valence-corrected chi connectivity index (χ1v) is 16.2. The summed E-state index contributed by atoms with van der Waals surface area (Å²) in [4.78, 5) is 48.9. The summed E-state index contributed by atoms with van der Waals surface area (Å²) in [7, 11) is 0. The van der Waals surface area contributed by atoms with E-state index in [-0.39, 0.29) is 40.4 Å². The summed E-state index contributed by atoms with van der Waals surface area (Å²) in [5.41, 5.74) is 1.48. The molecule has 3 saturated heterocycles. The molecule has 3 fully saturated rings. The minimum Gasteiger partial charge on any atom is -0.394 e. The molecule has 5 rings (SSSR count). The average Bonchev–Trinajstić information content (AvgIpc) is 3.59. The number of anilines is 1. The fourth-order valence-electron chi connectivity index (χ4n) is 7.09. The zero-order chi connectivity index (χ0) is 30.2. The number of rotatable bonds is 11. The molecular weight excluding hydrogens is 614 g/mol. The number of hydrogen-bond acceptors (Lipinski definition) is 5. The molecule has 222 valence electrons. The van der Waals surface area contributed by atoms with Crippen LogP contribution in [0, 0.1) is 11.8 Å². The van der Waals surface area contributed by atoms with E-state index in [9.17, 15) is 19.5 Å². The standard InChI is InChI=1S/C33H38BrN3O4S/c1-5-17-35(21(3)4)32(41)29-33-19-24(34)28(42-33)26(30(39)36(18-6-2)23-15-11-8-12-16-23)27(33)31(40)37(29)25(20-38)22-13-9-7-10-14-22/h5-16,21,24-29,38H,1-2,17-20H2,3-4H3/t24?,25-,26+,27+,28+,29?,33?/m1/s1. The smallest absolute Gasteiger partial charge is 0.247 e. The van der Waals surface area contributed by atoms with Crippen LogP contribution in [0.4, 0.5) is 5.69 Å². The van der Waals surface area contributed by atoms with Gasteiger partial charge in [0, 0.05) is 34.9 Å². The predicted octanol–water partition coefficient (Wildman–Crippen LogP) is 4.83. The summed E-state index contributed by atoms with van der Waals surface area (Å²) in [6.07, 6.45) is 3.95. The van der Waals surface area contributed by atoms with E-state index < -0.39 is 28.7 Å². The molecule has 1 N–H and O–H groups in total. The number of likely N-dealkylation sites (tertiary alicyclic amines) is 1. The maximum Gasteiger partial charge on any atom is 0.247 e. The van der Waals surface area contributed by atoms with Crippen LogP contribution in [0.25, 0.3) is 0 Å². The first-order chi connectivity index (χ1) is 20.2. The third kappa shape index (κ3) is 4.93. The van der Waals surface area contributed by atoms with Crippen LogP contribution in [-0.4, -0.2) is 79.2 Å². The molecule has 0 aliphatic carbocycles. The number of carbonyl (C=O) groups is 3. The molecule has 3 aliphatic heterocycles. The Bertz CT molecular complexity index is 1340. The number of hydrogen-bond donors (Lipinski definition) is 1. The van der Waals surface area contributed by atoms with E-state index in [1.54, 1.807) is 38.6 Å². The van der Waals surface area contributed by atoms with Gasteiger partial charge >= 0.3 is 0 Å². The monoisotopic (exact) mass is 651 g/mol. The molecule has 42 heavy (non-hydrogen) atoms. The average molecular weight is 653 g/mol. The maximum atomic E-state index is 14.8. The molecule has 9 heteroatoms. The molecule has 0 aromatic heterocycles. The Morgan fingerprint density at radius 3 is 2.26 bits per heavy atom. The molecule has 7 atom stereocenters. The van der Waals surface area contributed by atoms with Gasteiger partial charge in [0.05, 0.1) is 29.2 Å². The minimum atomic E-state index is -0.855. The Kier molecular flexibility index (Phi) is 9.02. The SMILES string of the molecule is C=CCN(C(=O)[C@H]1[C@H]2C(=O)N([C@H](CO)c3ccccc3)C(C(=O)N(CC=C)C(C)C)C23CC(Br)[C@@H]1S3)c1ccccc1. The fraction of sp³-hybridized carbons (Fsp3) is 0.424. The van der Waals surface area contributed by atoms with E-state index in [0.717, 1.165) is 11.3 Å². The topological polar surface area (TPSA) is 81.2 Å². The van der Waals surface area contributed by atoms with Crippen LogP contribution < -0.4 is 4.90 Å². The van der Waals surface area contributed by atoms with Gasteiger partial charge in [0.25, 0.3) is 0 Å². The lowest BCUT2D eigenvalue weighted by molar-refractivity contribution is -0.146. The summed E-state index contributed by atoms with van der Waals surface area (Å²) in [6.45, 7) is 11.9. The van der Waals surface area contributed by atoms with E-state index in [4.69, 9.17) is 0 Å². The Hall–Kier alpha value is -2.88. The summed E-state index contributed by atoms with van der Waals surface area (Å²) in [5, 5.41) is 10.6. The van der Waals surface area contributed by atoms with Crippen molar-refractivity contribution in [3.63, 3.8) is 0 Å². The van der Waals surface area contributed by atoms with Gasteiger partial charge in [-0.05, 0) is 38.0 Å². The van der Waals surface area contributed by atoms with Crippen LogP contribution in [0.5, 0.6) is 0 Å². The van der Waals surface area contributed by atoms with Gasteiger partial charge in [0.1, 0.15) is 6.04 Å². The lowest BCUT2D eigenvalue weighted by Gasteiger charge is -2.41. The molecule has 2 aromatic carbocycles. The zero-order valence-electron chi connectivity index (χ0n) is 24.0. The van der Waals surface area contributed by atoms with Crippen molar-refractivity contribution < 1.29 is 19.5 Å². The van der Waals surface area contributed by atoms with E-state index in [1.165, 1.54) is 0 Å².